The van der Waals surface area contributed by atoms with Crippen LogP contribution in [0.1, 0.15) is 22.3 Å². The molecule has 0 fully saturated rings. The van der Waals surface area contributed by atoms with Crippen LogP contribution in [-0.2, 0) is 5.72 Å². The van der Waals surface area contributed by atoms with Gasteiger partial charge in [-0.2, -0.15) is 23.3 Å². The quantitative estimate of drug-likeness (QED) is 0.908. The Hall–Kier alpha value is -2.94. The molecule has 0 spiro atoms. The van der Waals surface area contributed by atoms with Gasteiger partial charge in [0.1, 0.15) is 11.5 Å². The molecule has 136 valence electrons. The first-order valence-corrected chi connectivity index (χ1v) is 7.52. The van der Waals surface area contributed by atoms with Gasteiger partial charge in [-0.15, -0.1) is 0 Å². The Morgan fingerprint density at radius 1 is 1.31 bits per heavy atom. The number of halogens is 3. The van der Waals surface area contributed by atoms with Crippen LogP contribution >= 0.6 is 0 Å². The third kappa shape index (κ3) is 3.13. The van der Waals surface area contributed by atoms with E-state index in [1.54, 1.807) is 6.07 Å². The number of amides is 1. The van der Waals surface area contributed by atoms with E-state index in [0.717, 1.165) is 0 Å². The lowest BCUT2D eigenvalue weighted by Crippen LogP contribution is -2.43. The molecule has 0 saturated carbocycles. The fourth-order valence-electron chi connectivity index (χ4n) is 2.63. The molecular formula is C17H14F3N3O3. The number of hydrazone groups is 1. The van der Waals surface area contributed by atoms with Crippen LogP contribution in [0, 0.1) is 0 Å². The van der Waals surface area contributed by atoms with Gasteiger partial charge in [-0.05, 0) is 24.3 Å². The highest BCUT2D eigenvalue weighted by molar-refractivity contribution is 5.99. The molecule has 1 N–H and O–H groups in total. The molecule has 1 amide bonds. The second-order valence-electron chi connectivity index (χ2n) is 5.63. The molecule has 3 rings (SSSR count). The molecule has 0 radical (unpaired) electrons. The third-order valence-corrected chi connectivity index (χ3v) is 3.95. The van der Waals surface area contributed by atoms with E-state index in [1.807, 2.05) is 0 Å². The number of ether oxygens (including phenoxy) is 1. The standard InChI is InChI=1S/C17H14F3N3O3/c1-26-13-6-2-5-12(8-13)16(25)9-14(17(18,19)20)22-23(16)15(24)11-4-3-7-21-10-11/h2-8,10,25H,9H2,1H3/t16-/m1/s1. The summed E-state index contributed by atoms with van der Waals surface area (Å²) in [4.78, 5) is 16.5. The van der Waals surface area contributed by atoms with Crippen molar-refractivity contribution < 1.29 is 27.8 Å². The maximum atomic E-state index is 13.2. The van der Waals surface area contributed by atoms with Crippen molar-refractivity contribution in [1.82, 2.24) is 9.99 Å². The first-order chi connectivity index (χ1) is 12.3. The van der Waals surface area contributed by atoms with Crippen LogP contribution in [0.2, 0.25) is 0 Å². The molecule has 1 aliphatic heterocycles. The highest BCUT2D eigenvalue weighted by Crippen LogP contribution is 2.41. The average Bonchev–Trinajstić information content (AvgIpc) is 3.01. The van der Waals surface area contributed by atoms with Gasteiger partial charge in [-0.1, -0.05) is 12.1 Å². The fraction of sp³-hybridized carbons (Fsp3) is 0.235. The average molecular weight is 365 g/mol. The lowest BCUT2D eigenvalue weighted by atomic mass is 9.96. The Morgan fingerprint density at radius 2 is 2.08 bits per heavy atom. The van der Waals surface area contributed by atoms with Crippen LogP contribution in [0.4, 0.5) is 13.2 Å². The number of hydrogen-bond acceptors (Lipinski definition) is 5. The minimum absolute atomic E-state index is 0.000922. The molecule has 0 unspecified atom stereocenters. The summed E-state index contributed by atoms with van der Waals surface area (Å²) in [6.45, 7) is 0. The number of carbonyl (C=O) groups excluding carboxylic acids is 1. The van der Waals surface area contributed by atoms with Crippen molar-refractivity contribution in [2.75, 3.05) is 7.11 Å². The topological polar surface area (TPSA) is 75.0 Å². The third-order valence-electron chi connectivity index (χ3n) is 3.95. The number of rotatable bonds is 3. The first-order valence-electron chi connectivity index (χ1n) is 7.52. The predicted octanol–water partition coefficient (Wildman–Crippen LogP) is 2.70. The zero-order chi connectivity index (χ0) is 18.9. The number of carbonyl (C=O) groups is 1. The number of aliphatic hydroxyl groups is 1. The second kappa shape index (κ2) is 6.41. The van der Waals surface area contributed by atoms with Gasteiger partial charge in [0, 0.05) is 18.0 Å². The molecule has 2 aromatic rings. The van der Waals surface area contributed by atoms with Gasteiger partial charge < -0.3 is 9.84 Å². The van der Waals surface area contributed by atoms with E-state index in [2.05, 4.69) is 10.1 Å². The van der Waals surface area contributed by atoms with Crippen molar-refractivity contribution >= 4 is 11.6 Å². The fourth-order valence-corrected chi connectivity index (χ4v) is 2.63. The van der Waals surface area contributed by atoms with E-state index >= 15 is 0 Å². The highest BCUT2D eigenvalue weighted by atomic mass is 19.4. The molecule has 1 aliphatic rings. The van der Waals surface area contributed by atoms with Crippen LogP contribution < -0.4 is 4.74 Å². The van der Waals surface area contributed by atoms with Crippen LogP contribution in [-0.4, -0.2) is 40.0 Å². The number of nitrogens with zero attached hydrogens (tertiary/aromatic N) is 3. The zero-order valence-corrected chi connectivity index (χ0v) is 13.6. The molecule has 26 heavy (non-hydrogen) atoms. The molecule has 2 heterocycles. The second-order valence-corrected chi connectivity index (χ2v) is 5.63. The molecule has 1 atom stereocenters. The zero-order valence-electron chi connectivity index (χ0n) is 13.6. The van der Waals surface area contributed by atoms with E-state index in [-0.39, 0.29) is 11.1 Å². The van der Waals surface area contributed by atoms with Gasteiger partial charge in [0.25, 0.3) is 5.91 Å². The molecule has 1 aromatic carbocycles. The number of hydrogen-bond donors (Lipinski definition) is 1. The molecule has 1 aromatic heterocycles. The van der Waals surface area contributed by atoms with E-state index < -0.39 is 29.9 Å². The SMILES string of the molecule is COc1cccc([C@]2(O)CC(C(F)(F)F)=NN2C(=O)c2cccnc2)c1. The summed E-state index contributed by atoms with van der Waals surface area (Å²) >= 11 is 0. The summed E-state index contributed by atoms with van der Waals surface area (Å²) < 4.78 is 44.6. The van der Waals surface area contributed by atoms with Crippen molar-refractivity contribution in [2.45, 2.75) is 18.3 Å². The summed E-state index contributed by atoms with van der Waals surface area (Å²) in [7, 11) is 1.38. The van der Waals surface area contributed by atoms with Gasteiger partial charge in [-0.3, -0.25) is 9.78 Å². The Labute approximate surface area is 146 Å². The Bertz CT molecular complexity index is 855. The number of methoxy groups -OCH3 is 1. The number of benzene rings is 1. The highest BCUT2D eigenvalue weighted by Gasteiger charge is 2.53. The molecular weight excluding hydrogens is 351 g/mol. The van der Waals surface area contributed by atoms with Crippen LogP contribution in [0.25, 0.3) is 0 Å². The maximum Gasteiger partial charge on any atom is 0.431 e. The summed E-state index contributed by atoms with van der Waals surface area (Å²) in [6, 6.07) is 8.68. The minimum Gasteiger partial charge on any atom is -0.497 e. The van der Waals surface area contributed by atoms with Crippen molar-refractivity contribution in [3.8, 4) is 5.75 Å². The van der Waals surface area contributed by atoms with Gasteiger partial charge >= 0.3 is 6.18 Å². The lowest BCUT2D eigenvalue weighted by molar-refractivity contribution is -0.0816. The Balaban J connectivity index is 2.09. The largest absolute Gasteiger partial charge is 0.497 e. The molecule has 0 saturated heterocycles. The molecule has 0 bridgehead atoms. The first kappa shape index (κ1) is 17.9. The maximum absolute atomic E-state index is 13.2. The monoisotopic (exact) mass is 365 g/mol. The Kier molecular flexibility index (Phi) is 4.41. The lowest BCUT2D eigenvalue weighted by Gasteiger charge is -2.31. The van der Waals surface area contributed by atoms with Crippen molar-refractivity contribution in [2.24, 2.45) is 5.10 Å². The predicted molar refractivity (Wildman–Crippen MR) is 85.4 cm³/mol. The Morgan fingerprint density at radius 3 is 2.69 bits per heavy atom. The normalized spacial score (nSPS) is 20.0. The molecule has 9 heteroatoms. The van der Waals surface area contributed by atoms with E-state index in [0.29, 0.717) is 10.8 Å². The smallest absolute Gasteiger partial charge is 0.431 e. The van der Waals surface area contributed by atoms with Gasteiger partial charge in [0.2, 0.25) is 0 Å². The molecule has 6 nitrogen and oxygen atoms in total. The molecule has 0 aliphatic carbocycles. The van der Waals surface area contributed by atoms with Gasteiger partial charge in [-0.25, -0.2) is 0 Å². The minimum atomic E-state index is -4.78. The van der Waals surface area contributed by atoms with Crippen molar-refractivity contribution in [3.05, 3.63) is 59.9 Å². The summed E-state index contributed by atoms with van der Waals surface area (Å²) in [5.41, 5.74) is -3.50. The van der Waals surface area contributed by atoms with Crippen LogP contribution in [0.5, 0.6) is 5.75 Å². The summed E-state index contributed by atoms with van der Waals surface area (Å²) in [6.07, 6.45) is -3.07. The van der Waals surface area contributed by atoms with E-state index in [9.17, 15) is 23.1 Å². The summed E-state index contributed by atoms with van der Waals surface area (Å²) in [5.74, 6) is -0.576. The number of aromatic nitrogens is 1. The van der Waals surface area contributed by atoms with E-state index in [1.165, 1.54) is 49.8 Å². The number of alkyl halides is 3. The van der Waals surface area contributed by atoms with Gasteiger partial charge in [0.05, 0.1) is 19.1 Å². The van der Waals surface area contributed by atoms with E-state index in [4.69, 9.17) is 4.74 Å². The van der Waals surface area contributed by atoms with Crippen molar-refractivity contribution in [1.29, 1.82) is 0 Å². The summed E-state index contributed by atoms with van der Waals surface area (Å²) in [5, 5.41) is 14.8. The van der Waals surface area contributed by atoms with Crippen molar-refractivity contribution in [3.63, 3.8) is 0 Å². The van der Waals surface area contributed by atoms with Crippen LogP contribution in [0.3, 0.4) is 0 Å². The van der Waals surface area contributed by atoms with Crippen LogP contribution in [0.15, 0.2) is 53.9 Å². The van der Waals surface area contributed by atoms with Gasteiger partial charge in [0.15, 0.2) is 5.72 Å². The number of pyridine rings is 1.